The van der Waals surface area contributed by atoms with Crippen molar-refractivity contribution in [2.45, 2.75) is 45.5 Å². The van der Waals surface area contributed by atoms with E-state index in [1.165, 1.54) is 0 Å². The van der Waals surface area contributed by atoms with E-state index in [9.17, 15) is 9.59 Å². The summed E-state index contributed by atoms with van der Waals surface area (Å²) in [6, 6.07) is 6.35. The molecule has 0 spiro atoms. The van der Waals surface area contributed by atoms with Gasteiger partial charge in [0.25, 0.3) is 0 Å². The molecule has 0 aliphatic rings. The zero-order valence-electron chi connectivity index (χ0n) is 13.0. The lowest BCUT2D eigenvalue weighted by Crippen LogP contribution is -2.27. The molecule has 1 aromatic rings. The van der Waals surface area contributed by atoms with E-state index in [2.05, 4.69) is 5.32 Å². The van der Waals surface area contributed by atoms with Crippen molar-refractivity contribution in [1.82, 2.24) is 0 Å². The predicted molar refractivity (Wildman–Crippen MR) is 81.7 cm³/mol. The Balaban J connectivity index is 2.63. The Morgan fingerprint density at radius 1 is 1.05 bits per heavy atom. The van der Waals surface area contributed by atoms with Crippen LogP contribution < -0.4 is 10.1 Å². The summed E-state index contributed by atoms with van der Waals surface area (Å²) in [6.07, 6.45) is -0.546. The van der Waals surface area contributed by atoms with Gasteiger partial charge >= 0.3 is 12.1 Å². The molecule has 0 aliphatic heterocycles. The average Bonchev–Trinajstić information content (AvgIpc) is 2.27. The summed E-state index contributed by atoms with van der Waals surface area (Å²) >= 11 is 0. The molecule has 112 valence electrons. The number of nitrogens with one attached hydrogen (secondary N) is 1. The van der Waals surface area contributed by atoms with Crippen molar-refractivity contribution < 1.29 is 19.1 Å². The molecule has 0 bridgehead atoms. The molecule has 1 rings (SSSR count). The zero-order chi connectivity index (χ0) is 16.3. The van der Waals surface area contributed by atoms with E-state index in [1.54, 1.807) is 58.9 Å². The van der Waals surface area contributed by atoms with Crippen LogP contribution in [0.1, 0.15) is 34.6 Å². The van der Waals surface area contributed by atoms with E-state index in [1.807, 2.05) is 0 Å². The Kier molecular flexibility index (Phi) is 5.04. The first-order chi connectivity index (χ1) is 9.47. The van der Waals surface area contributed by atoms with Crippen LogP contribution in [0.5, 0.6) is 5.75 Å². The molecular formula is C15H20BNO4. The second-order valence-electron chi connectivity index (χ2n) is 6.26. The number of esters is 1. The summed E-state index contributed by atoms with van der Waals surface area (Å²) in [6.45, 7) is 8.47. The number of ether oxygens (including phenoxy) is 2. The Morgan fingerprint density at radius 3 is 2.00 bits per heavy atom. The van der Waals surface area contributed by atoms with Gasteiger partial charge < -0.3 is 9.47 Å². The first kappa shape index (κ1) is 17.1. The molecule has 1 amide bonds. The zero-order valence-corrected chi connectivity index (χ0v) is 13.0. The van der Waals surface area contributed by atoms with Gasteiger partial charge in [0.2, 0.25) is 0 Å². The van der Waals surface area contributed by atoms with Crippen LogP contribution in [0.25, 0.3) is 0 Å². The Morgan fingerprint density at radius 2 is 1.57 bits per heavy atom. The van der Waals surface area contributed by atoms with Gasteiger partial charge in [-0.1, -0.05) is 13.8 Å². The molecule has 2 radical (unpaired) electrons. The van der Waals surface area contributed by atoms with Crippen molar-refractivity contribution >= 4 is 25.6 Å². The highest BCUT2D eigenvalue weighted by atomic mass is 16.6. The van der Waals surface area contributed by atoms with Gasteiger partial charge in [0.05, 0.1) is 7.85 Å². The topological polar surface area (TPSA) is 64.6 Å². The molecule has 0 atom stereocenters. The lowest BCUT2D eigenvalue weighted by Gasteiger charge is -2.20. The summed E-state index contributed by atoms with van der Waals surface area (Å²) in [5, 5.41) is 1.52. The molecule has 5 nitrogen and oxygen atoms in total. The molecule has 0 heterocycles. The first-order valence-corrected chi connectivity index (χ1v) is 6.58. The highest BCUT2D eigenvalue weighted by Crippen LogP contribution is 2.23. The fourth-order valence-corrected chi connectivity index (χ4v) is 1.27. The molecule has 0 saturated carbocycles. The molecule has 1 aromatic carbocycles. The fourth-order valence-electron chi connectivity index (χ4n) is 1.27. The average molecular weight is 289 g/mol. The van der Waals surface area contributed by atoms with Gasteiger partial charge in [-0.3, -0.25) is 10.1 Å². The van der Waals surface area contributed by atoms with E-state index in [-0.39, 0.29) is 0 Å². The molecule has 21 heavy (non-hydrogen) atoms. The lowest BCUT2D eigenvalue weighted by molar-refractivity contribution is -0.136. The highest BCUT2D eigenvalue weighted by molar-refractivity contribution is 6.26. The maximum Gasteiger partial charge on any atom is 0.412 e. The summed E-state index contributed by atoms with van der Waals surface area (Å²) in [7, 11) is 5.63. The van der Waals surface area contributed by atoms with E-state index in [0.717, 1.165) is 0 Å². The Hall–Kier alpha value is -1.98. The maximum absolute atomic E-state index is 11.6. The van der Waals surface area contributed by atoms with Gasteiger partial charge in [-0.05, 0) is 45.0 Å². The van der Waals surface area contributed by atoms with Gasteiger partial charge in [-0.2, -0.15) is 0 Å². The van der Waals surface area contributed by atoms with Crippen LogP contribution in [0.15, 0.2) is 24.3 Å². The third kappa shape index (κ3) is 6.34. The second kappa shape index (κ2) is 6.20. The van der Waals surface area contributed by atoms with Crippen molar-refractivity contribution in [3.8, 4) is 5.75 Å². The summed E-state index contributed by atoms with van der Waals surface area (Å²) < 4.78 is 10.2. The SMILES string of the molecule is [B]C(C)(C)C(=O)Oc1ccc(NC(=O)OC(C)(C)C)cc1. The minimum absolute atomic E-state index is 0.355. The third-order valence-electron chi connectivity index (χ3n) is 2.24. The summed E-state index contributed by atoms with van der Waals surface area (Å²) in [4.78, 5) is 23.2. The van der Waals surface area contributed by atoms with Crippen molar-refractivity contribution in [3.63, 3.8) is 0 Å². The van der Waals surface area contributed by atoms with Crippen molar-refractivity contribution in [2.24, 2.45) is 0 Å². The van der Waals surface area contributed by atoms with Gasteiger partial charge in [0, 0.05) is 11.0 Å². The van der Waals surface area contributed by atoms with E-state index in [0.29, 0.717) is 11.4 Å². The van der Waals surface area contributed by atoms with Crippen molar-refractivity contribution in [2.75, 3.05) is 5.32 Å². The number of benzene rings is 1. The van der Waals surface area contributed by atoms with Crippen LogP contribution in [0.2, 0.25) is 5.31 Å². The summed E-state index contributed by atoms with van der Waals surface area (Å²) in [5.41, 5.74) is -0.0252. The number of amides is 1. The Bertz CT molecular complexity index is 512. The van der Waals surface area contributed by atoms with Crippen molar-refractivity contribution in [1.29, 1.82) is 0 Å². The minimum atomic E-state index is -1.06. The van der Waals surface area contributed by atoms with Gasteiger partial charge in [0.1, 0.15) is 11.4 Å². The van der Waals surface area contributed by atoms with E-state index in [4.69, 9.17) is 17.3 Å². The summed E-state index contributed by atoms with van der Waals surface area (Å²) in [5.74, 6) is -0.177. The van der Waals surface area contributed by atoms with E-state index >= 15 is 0 Å². The second-order valence-corrected chi connectivity index (χ2v) is 6.26. The molecule has 1 N–H and O–H groups in total. The van der Waals surface area contributed by atoms with Crippen LogP contribution in [0.3, 0.4) is 0 Å². The lowest BCUT2D eigenvalue weighted by atomic mass is 9.73. The first-order valence-electron chi connectivity index (χ1n) is 6.58. The van der Waals surface area contributed by atoms with Crippen LogP contribution in [0.4, 0.5) is 10.5 Å². The van der Waals surface area contributed by atoms with Gasteiger partial charge in [-0.25, -0.2) is 4.79 Å². The monoisotopic (exact) mass is 289 g/mol. The molecule has 0 unspecified atom stereocenters. The van der Waals surface area contributed by atoms with E-state index < -0.39 is 23.0 Å². The van der Waals surface area contributed by atoms with Crippen LogP contribution in [-0.2, 0) is 9.53 Å². The minimum Gasteiger partial charge on any atom is -0.444 e. The number of carbonyl (C=O) groups is 2. The molecule has 0 aliphatic carbocycles. The molecule has 0 fully saturated rings. The quantitative estimate of drug-likeness (QED) is 0.526. The fraction of sp³-hybridized carbons (Fsp3) is 0.467. The number of rotatable bonds is 3. The number of hydrogen-bond acceptors (Lipinski definition) is 4. The molecule has 0 saturated heterocycles. The Labute approximate surface area is 126 Å². The number of carbonyl (C=O) groups excluding carboxylic acids is 2. The van der Waals surface area contributed by atoms with Crippen LogP contribution in [-0.4, -0.2) is 25.5 Å². The maximum atomic E-state index is 11.6. The standard InChI is InChI=1S/C15H20BNO4/c1-14(2,3)21-13(19)17-10-6-8-11(9-7-10)20-12(18)15(4,5)16/h6-9H,1-5H3,(H,17,19). The molecular weight excluding hydrogens is 269 g/mol. The predicted octanol–water partition coefficient (Wildman–Crippen LogP) is 3.31. The largest absolute Gasteiger partial charge is 0.444 e. The highest BCUT2D eigenvalue weighted by Gasteiger charge is 2.23. The molecule has 0 aromatic heterocycles. The number of hydrogen-bond donors (Lipinski definition) is 1. The van der Waals surface area contributed by atoms with Crippen LogP contribution in [0, 0.1) is 0 Å². The molecule has 6 heteroatoms. The van der Waals surface area contributed by atoms with Gasteiger partial charge in [-0.15, -0.1) is 0 Å². The van der Waals surface area contributed by atoms with Gasteiger partial charge in [0.15, 0.2) is 0 Å². The van der Waals surface area contributed by atoms with Crippen LogP contribution >= 0.6 is 0 Å². The normalized spacial score (nSPS) is 11.7. The third-order valence-corrected chi connectivity index (χ3v) is 2.24. The van der Waals surface area contributed by atoms with Crippen molar-refractivity contribution in [3.05, 3.63) is 24.3 Å². The smallest absolute Gasteiger partial charge is 0.412 e. The number of anilines is 1.